The van der Waals surface area contributed by atoms with Crippen molar-refractivity contribution in [3.63, 3.8) is 0 Å². The molecule has 0 saturated carbocycles. The lowest BCUT2D eigenvalue weighted by Crippen LogP contribution is -2.36. The summed E-state index contributed by atoms with van der Waals surface area (Å²) >= 11 is 1.84. The Morgan fingerprint density at radius 1 is 1.36 bits per heavy atom. The van der Waals surface area contributed by atoms with Crippen molar-refractivity contribution in [2.24, 2.45) is 16.9 Å². The molecule has 4 N–H and O–H groups in total. The molecule has 0 aliphatic rings. The summed E-state index contributed by atoms with van der Waals surface area (Å²) < 4.78 is 0. The molecule has 84 valence electrons. The molecule has 0 radical (unpaired) electrons. The van der Waals surface area contributed by atoms with Crippen LogP contribution in [0.15, 0.2) is 0 Å². The van der Waals surface area contributed by atoms with Crippen LogP contribution in [0, 0.1) is 5.41 Å². The molecule has 0 spiro atoms. The fraction of sp³-hybridized carbons (Fsp3) is 0.900. The molecule has 0 aromatic rings. The Hall–Kier alpha value is -0.220. The van der Waals surface area contributed by atoms with Gasteiger partial charge in [0.1, 0.15) is 0 Å². The van der Waals surface area contributed by atoms with Crippen molar-refractivity contribution in [2.45, 2.75) is 39.7 Å². The highest BCUT2D eigenvalue weighted by atomic mass is 32.2. The minimum atomic E-state index is -0.475. The van der Waals surface area contributed by atoms with E-state index in [1.165, 1.54) is 6.42 Å². The second-order valence-corrected chi connectivity index (χ2v) is 5.95. The number of hydrogen-bond donors (Lipinski definition) is 2. The molecule has 0 saturated heterocycles. The first-order valence-corrected chi connectivity index (χ1v) is 6.11. The Morgan fingerprint density at radius 3 is 2.36 bits per heavy atom. The number of thioether (sulfide) groups is 1. The molecule has 0 fully saturated rings. The molecule has 14 heavy (non-hydrogen) atoms. The SMILES string of the molecule is CC(C)(C)CCSCCC(N)C(N)=O. The van der Waals surface area contributed by atoms with Crippen molar-refractivity contribution < 1.29 is 4.79 Å². The molecule has 0 aromatic carbocycles. The van der Waals surface area contributed by atoms with E-state index >= 15 is 0 Å². The largest absolute Gasteiger partial charge is 0.368 e. The molecule has 1 atom stereocenters. The molecule has 0 bridgehead atoms. The average molecular weight is 218 g/mol. The monoisotopic (exact) mass is 218 g/mol. The highest BCUT2D eigenvalue weighted by molar-refractivity contribution is 7.99. The molecule has 3 nitrogen and oxygen atoms in total. The second-order valence-electron chi connectivity index (χ2n) is 4.72. The zero-order chi connectivity index (χ0) is 11.2. The van der Waals surface area contributed by atoms with Crippen LogP contribution in [0.4, 0.5) is 0 Å². The standard InChI is InChI=1S/C10H22N2OS/c1-10(2,3)5-7-14-6-4-8(11)9(12)13/h8H,4-7,11H2,1-3H3,(H2,12,13). The summed E-state index contributed by atoms with van der Waals surface area (Å²) in [5.41, 5.74) is 10.9. The number of amides is 1. The van der Waals surface area contributed by atoms with E-state index in [9.17, 15) is 4.79 Å². The first kappa shape index (κ1) is 13.8. The molecule has 0 aliphatic heterocycles. The lowest BCUT2D eigenvalue weighted by Gasteiger charge is -2.17. The van der Waals surface area contributed by atoms with E-state index in [4.69, 9.17) is 11.5 Å². The smallest absolute Gasteiger partial charge is 0.234 e. The van der Waals surface area contributed by atoms with Gasteiger partial charge in [-0.2, -0.15) is 11.8 Å². The van der Waals surface area contributed by atoms with Crippen LogP contribution in [-0.2, 0) is 4.79 Å². The van der Waals surface area contributed by atoms with Gasteiger partial charge in [0.05, 0.1) is 6.04 Å². The zero-order valence-corrected chi connectivity index (χ0v) is 10.2. The highest BCUT2D eigenvalue weighted by Gasteiger charge is 2.11. The number of carbonyl (C=O) groups excluding carboxylic acids is 1. The van der Waals surface area contributed by atoms with Crippen LogP contribution >= 0.6 is 11.8 Å². The minimum Gasteiger partial charge on any atom is -0.368 e. The van der Waals surface area contributed by atoms with E-state index in [1.54, 1.807) is 0 Å². The molecule has 0 aromatic heterocycles. The van der Waals surface area contributed by atoms with Crippen molar-refractivity contribution in [1.29, 1.82) is 0 Å². The number of primary amides is 1. The van der Waals surface area contributed by atoms with Crippen LogP contribution in [0.2, 0.25) is 0 Å². The Balaban J connectivity index is 3.35. The fourth-order valence-corrected chi connectivity index (χ4v) is 2.21. The van der Waals surface area contributed by atoms with Gasteiger partial charge >= 0.3 is 0 Å². The van der Waals surface area contributed by atoms with Gasteiger partial charge in [0.25, 0.3) is 0 Å². The van der Waals surface area contributed by atoms with Gasteiger partial charge in [-0.1, -0.05) is 20.8 Å². The number of hydrogen-bond acceptors (Lipinski definition) is 3. The van der Waals surface area contributed by atoms with Crippen molar-refractivity contribution >= 4 is 17.7 Å². The summed E-state index contributed by atoms with van der Waals surface area (Å²) in [6.07, 6.45) is 1.87. The number of carbonyl (C=O) groups is 1. The van der Waals surface area contributed by atoms with Gasteiger partial charge < -0.3 is 11.5 Å². The first-order valence-electron chi connectivity index (χ1n) is 4.95. The van der Waals surface area contributed by atoms with Gasteiger partial charge in [0.2, 0.25) is 5.91 Å². The molecule has 0 aliphatic carbocycles. The van der Waals surface area contributed by atoms with Crippen LogP contribution in [0.1, 0.15) is 33.6 Å². The third kappa shape index (κ3) is 8.38. The van der Waals surface area contributed by atoms with E-state index in [1.807, 2.05) is 11.8 Å². The summed E-state index contributed by atoms with van der Waals surface area (Å²) in [4.78, 5) is 10.6. The Bertz CT molecular complexity index is 177. The minimum absolute atomic E-state index is 0.388. The summed E-state index contributed by atoms with van der Waals surface area (Å²) in [6.45, 7) is 6.67. The van der Waals surface area contributed by atoms with E-state index in [-0.39, 0.29) is 0 Å². The van der Waals surface area contributed by atoms with E-state index < -0.39 is 11.9 Å². The lowest BCUT2D eigenvalue weighted by molar-refractivity contribution is -0.119. The predicted molar refractivity (Wildman–Crippen MR) is 63.2 cm³/mol. The maximum atomic E-state index is 10.6. The fourth-order valence-electron chi connectivity index (χ4n) is 0.833. The van der Waals surface area contributed by atoms with Crippen LogP contribution < -0.4 is 11.5 Å². The van der Waals surface area contributed by atoms with Crippen LogP contribution in [0.3, 0.4) is 0 Å². The number of nitrogens with two attached hydrogens (primary N) is 2. The van der Waals surface area contributed by atoms with Gasteiger partial charge in [-0.15, -0.1) is 0 Å². The number of rotatable bonds is 6. The molecule has 1 amide bonds. The molecule has 0 rings (SSSR count). The van der Waals surface area contributed by atoms with Crippen LogP contribution in [-0.4, -0.2) is 23.5 Å². The topological polar surface area (TPSA) is 69.1 Å². The zero-order valence-electron chi connectivity index (χ0n) is 9.38. The van der Waals surface area contributed by atoms with Gasteiger partial charge in [-0.3, -0.25) is 4.79 Å². The van der Waals surface area contributed by atoms with Crippen molar-refractivity contribution in [2.75, 3.05) is 11.5 Å². The summed E-state index contributed by atoms with van der Waals surface area (Å²) in [6, 6.07) is -0.475. The van der Waals surface area contributed by atoms with E-state index in [0.29, 0.717) is 11.8 Å². The molecule has 0 heterocycles. The predicted octanol–water partition coefficient (Wildman–Crippen LogP) is 1.36. The Labute approximate surface area is 91.0 Å². The van der Waals surface area contributed by atoms with E-state index in [0.717, 1.165) is 11.5 Å². The highest BCUT2D eigenvalue weighted by Crippen LogP contribution is 2.21. The summed E-state index contributed by atoms with van der Waals surface area (Å²) in [7, 11) is 0. The van der Waals surface area contributed by atoms with Gasteiger partial charge in [0.15, 0.2) is 0 Å². The van der Waals surface area contributed by atoms with E-state index in [2.05, 4.69) is 20.8 Å². The van der Waals surface area contributed by atoms with Crippen LogP contribution in [0.5, 0.6) is 0 Å². The molecule has 4 heteroatoms. The molecular formula is C10H22N2OS. The van der Waals surface area contributed by atoms with Gasteiger partial charge in [0, 0.05) is 0 Å². The third-order valence-electron chi connectivity index (χ3n) is 1.94. The molecule has 1 unspecified atom stereocenters. The van der Waals surface area contributed by atoms with Gasteiger partial charge in [-0.05, 0) is 29.8 Å². The van der Waals surface area contributed by atoms with Gasteiger partial charge in [-0.25, -0.2) is 0 Å². The molecular weight excluding hydrogens is 196 g/mol. The maximum Gasteiger partial charge on any atom is 0.234 e. The normalized spacial score (nSPS) is 14.0. The second kappa shape index (κ2) is 6.30. The third-order valence-corrected chi connectivity index (χ3v) is 2.95. The maximum absolute atomic E-state index is 10.6. The quantitative estimate of drug-likeness (QED) is 0.661. The summed E-state index contributed by atoms with van der Waals surface area (Å²) in [5, 5.41) is 0. The van der Waals surface area contributed by atoms with Crippen LogP contribution in [0.25, 0.3) is 0 Å². The first-order chi connectivity index (χ1) is 6.33. The Morgan fingerprint density at radius 2 is 1.93 bits per heavy atom. The average Bonchev–Trinajstić information content (AvgIpc) is 2.01. The Kier molecular flexibility index (Phi) is 6.20. The lowest BCUT2D eigenvalue weighted by atomic mass is 9.94. The summed E-state index contributed by atoms with van der Waals surface area (Å²) in [5.74, 6) is 1.64. The van der Waals surface area contributed by atoms with Crippen molar-refractivity contribution in [1.82, 2.24) is 0 Å². The van der Waals surface area contributed by atoms with Crippen molar-refractivity contribution in [3.8, 4) is 0 Å². The van der Waals surface area contributed by atoms with Crippen molar-refractivity contribution in [3.05, 3.63) is 0 Å².